The van der Waals surface area contributed by atoms with Crippen LogP contribution in [-0.2, 0) is 5.60 Å². The first kappa shape index (κ1) is 26.3. The summed E-state index contributed by atoms with van der Waals surface area (Å²) >= 11 is 3.01. The van der Waals surface area contributed by atoms with E-state index in [1.165, 1.54) is 61.2 Å². The molecule has 0 bridgehead atoms. The van der Waals surface area contributed by atoms with E-state index in [0.717, 1.165) is 53.8 Å². The van der Waals surface area contributed by atoms with Crippen LogP contribution >= 0.6 is 22.7 Å². The van der Waals surface area contributed by atoms with Crippen LogP contribution in [0.3, 0.4) is 0 Å². The van der Waals surface area contributed by atoms with Crippen molar-refractivity contribution in [2.24, 2.45) is 11.5 Å². The van der Waals surface area contributed by atoms with E-state index < -0.39 is 17.7 Å². The number of nitrogens with two attached hydrogens (primary N) is 2. The number of rotatable bonds is 16. The lowest BCUT2D eigenvalue weighted by Gasteiger charge is -2.40. The molecule has 6 heteroatoms. The van der Waals surface area contributed by atoms with Gasteiger partial charge in [0.1, 0.15) is 11.4 Å². The zero-order valence-electron chi connectivity index (χ0n) is 19.3. The molecule has 0 spiro atoms. The number of hydrogen-bond donors (Lipinski definition) is 4. The fourth-order valence-electron chi connectivity index (χ4n) is 4.32. The monoisotopic (exact) mass is 466 g/mol. The first-order chi connectivity index (χ1) is 15.0. The molecule has 6 N–H and O–H groups in total. The molecule has 2 aromatic rings. The lowest BCUT2D eigenvalue weighted by atomic mass is 9.76. The Hall–Kier alpha value is -0.920. The third kappa shape index (κ3) is 7.03. The Labute approximate surface area is 196 Å². The van der Waals surface area contributed by atoms with Crippen molar-refractivity contribution in [1.29, 1.82) is 0 Å². The predicted molar refractivity (Wildman–Crippen MR) is 136 cm³/mol. The molecule has 4 nitrogen and oxygen atoms in total. The van der Waals surface area contributed by atoms with Crippen molar-refractivity contribution in [3.8, 4) is 15.5 Å². The number of aromatic hydroxyl groups is 1. The first-order valence-electron chi connectivity index (χ1n) is 12.0. The Morgan fingerprint density at radius 2 is 1.26 bits per heavy atom. The van der Waals surface area contributed by atoms with Gasteiger partial charge in [-0.15, -0.1) is 22.7 Å². The average molecular weight is 467 g/mol. The Balaban J connectivity index is 2.22. The van der Waals surface area contributed by atoms with Crippen LogP contribution in [0.25, 0.3) is 9.75 Å². The molecule has 2 heterocycles. The molecule has 2 rings (SSSR count). The molecule has 176 valence electrons. The van der Waals surface area contributed by atoms with Gasteiger partial charge in [-0.3, -0.25) is 0 Å². The van der Waals surface area contributed by atoms with Crippen molar-refractivity contribution in [3.05, 3.63) is 28.5 Å². The summed E-state index contributed by atoms with van der Waals surface area (Å²) < 4.78 is 0. The minimum atomic E-state index is -1.30. The number of hydrogen-bond acceptors (Lipinski definition) is 6. The van der Waals surface area contributed by atoms with Crippen LogP contribution in [0.4, 0.5) is 0 Å². The topological polar surface area (TPSA) is 92.5 Å². The highest BCUT2D eigenvalue weighted by Gasteiger charge is 2.44. The van der Waals surface area contributed by atoms with Gasteiger partial charge in [0.05, 0.1) is 9.75 Å². The van der Waals surface area contributed by atoms with Gasteiger partial charge in [-0.05, 0) is 35.7 Å². The molecule has 2 unspecified atom stereocenters. The third-order valence-corrected chi connectivity index (χ3v) is 8.30. The normalized spacial score (nSPS) is 15.6. The van der Waals surface area contributed by atoms with Crippen molar-refractivity contribution in [2.75, 3.05) is 0 Å². The van der Waals surface area contributed by atoms with Crippen LogP contribution in [0.5, 0.6) is 5.75 Å². The summed E-state index contributed by atoms with van der Waals surface area (Å²) in [6.07, 6.45) is 13.1. The molecule has 0 saturated carbocycles. The maximum absolute atomic E-state index is 12.1. The molecule has 0 aliphatic rings. The molecule has 0 amide bonds. The van der Waals surface area contributed by atoms with Crippen LogP contribution in [0.2, 0.25) is 0 Å². The Morgan fingerprint density at radius 1 is 0.774 bits per heavy atom. The van der Waals surface area contributed by atoms with E-state index in [4.69, 9.17) is 11.5 Å². The smallest absolute Gasteiger partial charge is 0.135 e. The largest absolute Gasteiger partial charge is 0.506 e. The molecule has 0 radical (unpaired) electrons. The van der Waals surface area contributed by atoms with Crippen LogP contribution in [-0.4, -0.2) is 22.3 Å². The quantitative estimate of drug-likeness (QED) is 0.206. The molecule has 2 aromatic heterocycles. The van der Waals surface area contributed by atoms with Gasteiger partial charge in [-0.25, -0.2) is 0 Å². The molecule has 0 aromatic carbocycles. The van der Waals surface area contributed by atoms with E-state index in [9.17, 15) is 10.2 Å². The molecular weight excluding hydrogens is 424 g/mol. The highest BCUT2D eigenvalue weighted by atomic mass is 32.1. The maximum atomic E-state index is 12.1. The standard InChI is InChI=1S/C25H42N2O2S2/c1-3-5-7-9-11-13-21(26)25(29,22(27)14-12-10-8-6-4-2)19-15-17-30-23(19)24-20(28)16-18-31-24/h15-18,21-22,28-29H,3-14,26-27H2,1-2H3. The maximum Gasteiger partial charge on any atom is 0.135 e. The van der Waals surface area contributed by atoms with Gasteiger partial charge in [-0.2, -0.15) is 0 Å². The Bertz CT molecular complexity index is 723. The van der Waals surface area contributed by atoms with E-state index in [-0.39, 0.29) is 5.75 Å². The number of aliphatic hydroxyl groups is 1. The minimum Gasteiger partial charge on any atom is -0.506 e. The van der Waals surface area contributed by atoms with Gasteiger partial charge in [0.25, 0.3) is 0 Å². The summed E-state index contributed by atoms with van der Waals surface area (Å²) in [6, 6.07) is 2.78. The molecular formula is C25H42N2O2S2. The number of unbranched alkanes of at least 4 members (excludes halogenated alkanes) is 8. The second-order valence-corrected chi connectivity index (χ2v) is 10.6. The van der Waals surface area contributed by atoms with Gasteiger partial charge in [0.15, 0.2) is 0 Å². The summed E-state index contributed by atoms with van der Waals surface area (Å²) in [4.78, 5) is 1.67. The van der Waals surface area contributed by atoms with Crippen LogP contribution in [0, 0.1) is 0 Å². The third-order valence-electron chi connectivity index (χ3n) is 6.32. The Kier molecular flexibility index (Phi) is 11.5. The predicted octanol–water partition coefficient (Wildman–Crippen LogP) is 6.75. The molecule has 0 aliphatic heterocycles. The highest BCUT2D eigenvalue weighted by Crippen LogP contribution is 2.45. The van der Waals surface area contributed by atoms with Crippen molar-refractivity contribution in [1.82, 2.24) is 0 Å². The van der Waals surface area contributed by atoms with Crippen LogP contribution < -0.4 is 11.5 Å². The lowest BCUT2D eigenvalue weighted by Crippen LogP contribution is -2.57. The SMILES string of the molecule is CCCCCCCC(N)C(O)(c1ccsc1-c1sccc1O)C(N)CCCCCCC. The van der Waals surface area contributed by atoms with Gasteiger partial charge in [0, 0.05) is 17.6 Å². The summed E-state index contributed by atoms with van der Waals surface area (Å²) in [5.41, 5.74) is 12.8. The summed E-state index contributed by atoms with van der Waals surface area (Å²) in [6.45, 7) is 4.42. The van der Waals surface area contributed by atoms with Crippen molar-refractivity contribution in [3.63, 3.8) is 0 Å². The molecule has 31 heavy (non-hydrogen) atoms. The van der Waals surface area contributed by atoms with E-state index >= 15 is 0 Å². The summed E-state index contributed by atoms with van der Waals surface area (Å²) in [5, 5.41) is 26.2. The second-order valence-electron chi connectivity index (χ2n) is 8.74. The van der Waals surface area contributed by atoms with Gasteiger partial charge in [0.2, 0.25) is 0 Å². The van der Waals surface area contributed by atoms with Crippen molar-refractivity contribution >= 4 is 22.7 Å². The van der Waals surface area contributed by atoms with Crippen LogP contribution in [0.15, 0.2) is 22.9 Å². The summed E-state index contributed by atoms with van der Waals surface area (Å²) in [5.74, 6) is 0.248. The highest BCUT2D eigenvalue weighted by molar-refractivity contribution is 7.20. The molecule has 2 atom stereocenters. The van der Waals surface area contributed by atoms with Crippen molar-refractivity contribution < 1.29 is 10.2 Å². The average Bonchev–Trinajstić information content (AvgIpc) is 3.41. The van der Waals surface area contributed by atoms with E-state index in [0.29, 0.717) is 0 Å². The minimum absolute atomic E-state index is 0.248. The van der Waals surface area contributed by atoms with Gasteiger partial charge in [-0.1, -0.05) is 78.1 Å². The van der Waals surface area contributed by atoms with Crippen molar-refractivity contribution in [2.45, 2.75) is 109 Å². The van der Waals surface area contributed by atoms with Gasteiger partial charge >= 0.3 is 0 Å². The fourth-order valence-corrected chi connectivity index (χ4v) is 6.26. The molecule has 0 saturated heterocycles. The van der Waals surface area contributed by atoms with E-state index in [1.807, 2.05) is 16.8 Å². The Morgan fingerprint density at radius 3 is 1.74 bits per heavy atom. The number of thiophene rings is 2. The molecule has 0 fully saturated rings. The van der Waals surface area contributed by atoms with E-state index in [1.54, 1.807) is 6.07 Å². The van der Waals surface area contributed by atoms with Crippen LogP contribution in [0.1, 0.15) is 96.5 Å². The summed E-state index contributed by atoms with van der Waals surface area (Å²) in [7, 11) is 0. The zero-order valence-corrected chi connectivity index (χ0v) is 20.9. The lowest BCUT2D eigenvalue weighted by molar-refractivity contribution is -0.0210. The van der Waals surface area contributed by atoms with E-state index in [2.05, 4.69) is 13.8 Å². The van der Waals surface area contributed by atoms with Gasteiger partial charge < -0.3 is 21.7 Å². The zero-order chi connectivity index (χ0) is 22.7. The molecule has 0 aliphatic carbocycles. The fraction of sp³-hybridized carbons (Fsp3) is 0.680. The second kappa shape index (κ2) is 13.6. The first-order valence-corrected chi connectivity index (χ1v) is 13.8.